The second kappa shape index (κ2) is 9.68. The van der Waals surface area contributed by atoms with Gasteiger partial charge in [0.15, 0.2) is 9.84 Å². The summed E-state index contributed by atoms with van der Waals surface area (Å²) in [6.07, 6.45) is 1.20. The van der Waals surface area contributed by atoms with E-state index in [1.54, 1.807) is 19.1 Å². The van der Waals surface area contributed by atoms with Crippen LogP contribution in [0.5, 0.6) is 0 Å². The zero-order chi connectivity index (χ0) is 19.9. The van der Waals surface area contributed by atoms with Gasteiger partial charge < -0.3 is 16.2 Å². The Morgan fingerprint density at radius 3 is 2.19 bits per heavy atom. The fourth-order valence-electron chi connectivity index (χ4n) is 2.82. The number of amides is 2. The van der Waals surface area contributed by atoms with Crippen LogP contribution < -0.4 is 11.1 Å². The number of nitrogens with two attached hydrogens (primary N) is 1. The van der Waals surface area contributed by atoms with Crippen molar-refractivity contribution >= 4 is 21.7 Å². The van der Waals surface area contributed by atoms with E-state index in [-0.39, 0.29) is 11.3 Å². The normalized spacial score (nSPS) is 15.1. The highest BCUT2D eigenvalue weighted by atomic mass is 32.2. The maximum Gasteiger partial charge on any atom is 0.239 e. The quantitative estimate of drug-likeness (QED) is 0.553. The highest BCUT2D eigenvalue weighted by molar-refractivity contribution is 7.92. The Morgan fingerprint density at radius 1 is 1.19 bits per heavy atom. The third-order valence-electron chi connectivity index (χ3n) is 4.33. The minimum absolute atomic E-state index is 0.00456. The predicted molar refractivity (Wildman–Crippen MR) is 99.1 cm³/mol. The number of primary amides is 1. The lowest BCUT2D eigenvalue weighted by Gasteiger charge is -2.26. The number of benzene rings is 1. The van der Waals surface area contributed by atoms with Crippen LogP contribution in [0.25, 0.3) is 0 Å². The number of nitrogens with one attached hydrogen (secondary N) is 1. The molecule has 1 aromatic rings. The van der Waals surface area contributed by atoms with E-state index < -0.39 is 45.5 Å². The number of aliphatic hydroxyl groups excluding tert-OH is 1. The molecule has 2 amide bonds. The van der Waals surface area contributed by atoms with Gasteiger partial charge in [0.2, 0.25) is 11.8 Å². The van der Waals surface area contributed by atoms with Crippen LogP contribution in [0.15, 0.2) is 29.2 Å². The molecule has 0 spiro atoms. The minimum atomic E-state index is -4.05. The number of carbonyl (C=O) groups excluding carboxylic acids is 2. The molecule has 146 valence electrons. The first-order chi connectivity index (χ1) is 12.2. The molecule has 4 N–H and O–H groups in total. The highest BCUT2D eigenvalue weighted by Crippen LogP contribution is 2.25. The SMILES string of the molecule is CCCC(CO)C(C(=O)NC(CC)C(N)=O)S(=O)(=O)c1ccc(C)cc1. The molecule has 7 nitrogen and oxygen atoms in total. The van der Waals surface area contributed by atoms with E-state index in [0.29, 0.717) is 12.8 Å². The highest BCUT2D eigenvalue weighted by Gasteiger charge is 2.40. The molecule has 8 heteroatoms. The number of sulfone groups is 1. The summed E-state index contributed by atoms with van der Waals surface area (Å²) in [7, 11) is -4.05. The number of carbonyl (C=O) groups is 2. The number of aliphatic hydroxyl groups is 1. The molecule has 0 aliphatic rings. The second-order valence-corrected chi connectivity index (χ2v) is 8.45. The van der Waals surface area contributed by atoms with Crippen molar-refractivity contribution in [1.82, 2.24) is 5.32 Å². The zero-order valence-corrected chi connectivity index (χ0v) is 16.3. The molecule has 0 saturated carbocycles. The van der Waals surface area contributed by atoms with Gasteiger partial charge in [0.25, 0.3) is 0 Å². The van der Waals surface area contributed by atoms with Gasteiger partial charge in [-0.15, -0.1) is 0 Å². The fraction of sp³-hybridized carbons (Fsp3) is 0.556. The van der Waals surface area contributed by atoms with Gasteiger partial charge in [-0.3, -0.25) is 9.59 Å². The fourth-order valence-corrected chi connectivity index (χ4v) is 4.71. The van der Waals surface area contributed by atoms with Crippen molar-refractivity contribution in [2.24, 2.45) is 11.7 Å². The zero-order valence-electron chi connectivity index (χ0n) is 15.4. The van der Waals surface area contributed by atoms with Gasteiger partial charge in [-0.05, 0) is 31.9 Å². The van der Waals surface area contributed by atoms with Gasteiger partial charge in [0.05, 0.1) is 4.90 Å². The standard InChI is InChI=1S/C18H28N2O5S/c1-4-6-13(11-21)16(18(23)20-15(5-2)17(19)22)26(24,25)14-9-7-12(3)8-10-14/h7-10,13,15-16,21H,4-6,11H2,1-3H3,(H2,19,22)(H,20,23). The van der Waals surface area contributed by atoms with E-state index in [4.69, 9.17) is 5.73 Å². The Labute approximate surface area is 154 Å². The molecule has 1 aromatic carbocycles. The van der Waals surface area contributed by atoms with Crippen LogP contribution >= 0.6 is 0 Å². The number of hydrogen-bond donors (Lipinski definition) is 3. The van der Waals surface area contributed by atoms with Crippen LogP contribution in [0.3, 0.4) is 0 Å². The van der Waals surface area contributed by atoms with Crippen molar-refractivity contribution < 1.29 is 23.1 Å². The van der Waals surface area contributed by atoms with Crippen LogP contribution in [0.2, 0.25) is 0 Å². The van der Waals surface area contributed by atoms with Crippen molar-refractivity contribution in [2.45, 2.75) is 56.2 Å². The van der Waals surface area contributed by atoms with E-state index in [0.717, 1.165) is 5.56 Å². The summed E-state index contributed by atoms with van der Waals surface area (Å²) in [6, 6.07) is 5.22. The first kappa shape index (κ1) is 22.1. The smallest absolute Gasteiger partial charge is 0.239 e. The van der Waals surface area contributed by atoms with Gasteiger partial charge >= 0.3 is 0 Å². The molecule has 1 rings (SSSR count). The lowest BCUT2D eigenvalue weighted by molar-refractivity contribution is -0.128. The molecule has 0 heterocycles. The Hall–Kier alpha value is -1.93. The van der Waals surface area contributed by atoms with Crippen LogP contribution in [-0.4, -0.2) is 43.2 Å². The first-order valence-corrected chi connectivity index (χ1v) is 10.2. The van der Waals surface area contributed by atoms with Crippen LogP contribution in [0, 0.1) is 12.8 Å². The van der Waals surface area contributed by atoms with Crippen molar-refractivity contribution in [3.8, 4) is 0 Å². The lowest BCUT2D eigenvalue weighted by atomic mass is 9.99. The van der Waals surface area contributed by atoms with Crippen LogP contribution in [-0.2, 0) is 19.4 Å². The Morgan fingerprint density at radius 2 is 1.77 bits per heavy atom. The topological polar surface area (TPSA) is 127 Å². The third kappa shape index (κ3) is 5.28. The number of aryl methyl sites for hydroxylation is 1. The lowest BCUT2D eigenvalue weighted by Crippen LogP contribution is -2.52. The van der Waals surface area contributed by atoms with Crippen molar-refractivity contribution in [1.29, 1.82) is 0 Å². The predicted octanol–water partition coefficient (Wildman–Crippen LogP) is 0.926. The van der Waals surface area contributed by atoms with Crippen molar-refractivity contribution in [2.75, 3.05) is 6.61 Å². The molecule has 0 aliphatic heterocycles. The van der Waals surface area contributed by atoms with E-state index in [1.807, 2.05) is 13.8 Å². The summed E-state index contributed by atoms with van der Waals surface area (Å²) < 4.78 is 26.2. The Bertz CT molecular complexity index is 716. The van der Waals surface area contributed by atoms with E-state index in [2.05, 4.69) is 5.32 Å². The molecule has 0 aromatic heterocycles. The molecule has 3 atom stereocenters. The van der Waals surface area contributed by atoms with Crippen molar-refractivity contribution in [3.05, 3.63) is 29.8 Å². The van der Waals surface area contributed by atoms with Gasteiger partial charge in [-0.2, -0.15) is 0 Å². The number of hydrogen-bond acceptors (Lipinski definition) is 5. The second-order valence-electron chi connectivity index (χ2n) is 6.38. The average molecular weight is 384 g/mol. The third-order valence-corrected chi connectivity index (χ3v) is 6.53. The number of rotatable bonds is 10. The molecular formula is C18H28N2O5S. The summed E-state index contributed by atoms with van der Waals surface area (Å²) in [4.78, 5) is 24.2. The molecular weight excluding hydrogens is 356 g/mol. The average Bonchev–Trinajstić information content (AvgIpc) is 2.59. The summed E-state index contributed by atoms with van der Waals surface area (Å²) >= 11 is 0. The monoisotopic (exact) mass is 384 g/mol. The van der Waals surface area contributed by atoms with Crippen molar-refractivity contribution in [3.63, 3.8) is 0 Å². The summed E-state index contributed by atoms with van der Waals surface area (Å²) in [6.45, 7) is 4.88. The summed E-state index contributed by atoms with van der Waals surface area (Å²) in [5.74, 6) is -2.33. The van der Waals surface area contributed by atoms with Gasteiger partial charge in [0.1, 0.15) is 11.3 Å². The van der Waals surface area contributed by atoms with E-state index >= 15 is 0 Å². The molecule has 3 unspecified atom stereocenters. The maximum absolute atomic E-state index is 13.1. The molecule has 26 heavy (non-hydrogen) atoms. The molecule has 0 fully saturated rings. The molecule has 0 saturated heterocycles. The summed E-state index contributed by atoms with van der Waals surface area (Å²) in [5, 5.41) is 10.6. The summed E-state index contributed by atoms with van der Waals surface area (Å²) in [5.41, 5.74) is 6.13. The van der Waals surface area contributed by atoms with Gasteiger partial charge in [-0.25, -0.2) is 8.42 Å². The first-order valence-electron chi connectivity index (χ1n) is 8.70. The minimum Gasteiger partial charge on any atom is -0.396 e. The van der Waals surface area contributed by atoms with E-state index in [9.17, 15) is 23.1 Å². The van der Waals surface area contributed by atoms with Crippen LogP contribution in [0.1, 0.15) is 38.7 Å². The molecule has 0 bridgehead atoms. The molecule has 0 aliphatic carbocycles. The molecule has 0 radical (unpaired) electrons. The largest absolute Gasteiger partial charge is 0.396 e. The van der Waals surface area contributed by atoms with E-state index in [1.165, 1.54) is 12.1 Å². The van der Waals surface area contributed by atoms with Crippen LogP contribution in [0.4, 0.5) is 0 Å². The van der Waals surface area contributed by atoms with Gasteiger partial charge in [0, 0.05) is 12.5 Å². The Kier molecular flexibility index (Phi) is 8.23. The van der Waals surface area contributed by atoms with Gasteiger partial charge in [-0.1, -0.05) is 38.0 Å². The maximum atomic E-state index is 13.1. The Balaban J connectivity index is 3.33.